The number of rotatable bonds is 4. The molecule has 0 atom stereocenters. The highest BCUT2D eigenvalue weighted by atomic mass is 79.9. The SMILES string of the molecule is CN(C)CCNC(=O)c1ccnc(Br)c1. The first kappa shape index (κ1) is 12.1. The maximum absolute atomic E-state index is 11.6. The third kappa shape index (κ3) is 4.40. The minimum atomic E-state index is -0.0695. The van der Waals surface area contributed by atoms with E-state index in [1.807, 2.05) is 19.0 Å². The van der Waals surface area contributed by atoms with Crippen LogP contribution in [0.4, 0.5) is 0 Å². The van der Waals surface area contributed by atoms with Crippen LogP contribution < -0.4 is 5.32 Å². The van der Waals surface area contributed by atoms with Gasteiger partial charge in [0.2, 0.25) is 0 Å². The molecule has 82 valence electrons. The summed E-state index contributed by atoms with van der Waals surface area (Å²) in [7, 11) is 3.93. The molecule has 0 saturated carbocycles. The van der Waals surface area contributed by atoms with Crippen molar-refractivity contribution >= 4 is 21.8 Å². The van der Waals surface area contributed by atoms with Crippen molar-refractivity contribution in [2.75, 3.05) is 27.2 Å². The van der Waals surface area contributed by atoms with E-state index in [9.17, 15) is 4.79 Å². The number of nitrogens with one attached hydrogen (secondary N) is 1. The lowest BCUT2D eigenvalue weighted by Gasteiger charge is -2.10. The van der Waals surface area contributed by atoms with Gasteiger partial charge in [0.1, 0.15) is 4.60 Å². The van der Waals surface area contributed by atoms with Crippen LogP contribution in [0.2, 0.25) is 0 Å². The number of aromatic nitrogens is 1. The fraction of sp³-hybridized carbons (Fsp3) is 0.400. The molecule has 5 heteroatoms. The molecule has 0 saturated heterocycles. The maximum Gasteiger partial charge on any atom is 0.251 e. The molecule has 1 N–H and O–H groups in total. The molecule has 0 radical (unpaired) electrons. The standard InChI is InChI=1S/C10H14BrN3O/c1-14(2)6-5-13-10(15)8-3-4-12-9(11)7-8/h3-4,7H,5-6H2,1-2H3,(H,13,15). The summed E-state index contributed by atoms with van der Waals surface area (Å²) in [5, 5.41) is 2.83. The summed E-state index contributed by atoms with van der Waals surface area (Å²) < 4.78 is 0.669. The Morgan fingerprint density at radius 3 is 2.93 bits per heavy atom. The predicted octanol–water partition coefficient (Wildman–Crippen LogP) is 1.14. The van der Waals surface area contributed by atoms with E-state index in [4.69, 9.17) is 0 Å². The first-order valence-electron chi connectivity index (χ1n) is 4.64. The minimum Gasteiger partial charge on any atom is -0.351 e. The van der Waals surface area contributed by atoms with Crippen LogP contribution in [0, 0.1) is 0 Å². The van der Waals surface area contributed by atoms with Gasteiger partial charge >= 0.3 is 0 Å². The van der Waals surface area contributed by atoms with Crippen molar-refractivity contribution in [1.29, 1.82) is 0 Å². The molecule has 1 amide bonds. The first-order valence-corrected chi connectivity index (χ1v) is 5.43. The Balaban J connectivity index is 2.47. The van der Waals surface area contributed by atoms with Gasteiger partial charge in [-0.1, -0.05) is 0 Å². The summed E-state index contributed by atoms with van der Waals surface area (Å²) in [6.07, 6.45) is 1.60. The smallest absolute Gasteiger partial charge is 0.251 e. The van der Waals surface area contributed by atoms with E-state index < -0.39 is 0 Å². The molecule has 0 fully saturated rings. The molecule has 0 unspecified atom stereocenters. The molecule has 0 spiro atoms. The van der Waals surface area contributed by atoms with Crippen LogP contribution in [0.15, 0.2) is 22.9 Å². The lowest BCUT2D eigenvalue weighted by molar-refractivity contribution is 0.0951. The minimum absolute atomic E-state index is 0.0695. The number of hydrogen-bond donors (Lipinski definition) is 1. The highest BCUT2D eigenvalue weighted by Crippen LogP contribution is 2.07. The van der Waals surface area contributed by atoms with Gasteiger partial charge in [0.15, 0.2) is 0 Å². The van der Waals surface area contributed by atoms with Crippen LogP contribution in [0.25, 0.3) is 0 Å². The maximum atomic E-state index is 11.6. The molecular weight excluding hydrogens is 258 g/mol. The van der Waals surface area contributed by atoms with Crippen molar-refractivity contribution in [1.82, 2.24) is 15.2 Å². The molecule has 1 heterocycles. The zero-order valence-electron chi connectivity index (χ0n) is 8.83. The van der Waals surface area contributed by atoms with Gasteiger partial charge in [-0.2, -0.15) is 0 Å². The largest absolute Gasteiger partial charge is 0.351 e. The molecule has 0 aliphatic carbocycles. The second-order valence-electron chi connectivity index (χ2n) is 3.43. The van der Waals surface area contributed by atoms with Gasteiger partial charge in [-0.05, 0) is 42.2 Å². The number of nitrogens with zero attached hydrogens (tertiary/aromatic N) is 2. The highest BCUT2D eigenvalue weighted by molar-refractivity contribution is 9.10. The average Bonchev–Trinajstić information content (AvgIpc) is 2.17. The van der Waals surface area contributed by atoms with Crippen molar-refractivity contribution in [3.63, 3.8) is 0 Å². The van der Waals surface area contributed by atoms with Gasteiger partial charge in [0, 0.05) is 24.8 Å². The summed E-state index contributed by atoms with van der Waals surface area (Å²) in [5.41, 5.74) is 0.621. The van der Waals surface area contributed by atoms with Crippen LogP contribution in [0.5, 0.6) is 0 Å². The summed E-state index contributed by atoms with van der Waals surface area (Å²) in [5.74, 6) is -0.0695. The van der Waals surface area contributed by atoms with Crippen LogP contribution in [0.3, 0.4) is 0 Å². The summed E-state index contributed by atoms with van der Waals surface area (Å²) >= 11 is 3.22. The summed E-state index contributed by atoms with van der Waals surface area (Å²) in [6, 6.07) is 3.39. The number of carbonyl (C=O) groups excluding carboxylic acids is 1. The van der Waals surface area contributed by atoms with E-state index in [-0.39, 0.29) is 5.91 Å². The second kappa shape index (κ2) is 5.82. The van der Waals surface area contributed by atoms with Crippen molar-refractivity contribution in [2.45, 2.75) is 0 Å². The van der Waals surface area contributed by atoms with E-state index in [0.29, 0.717) is 16.7 Å². The molecule has 0 aliphatic rings. The number of pyridine rings is 1. The van der Waals surface area contributed by atoms with Gasteiger partial charge in [-0.15, -0.1) is 0 Å². The zero-order chi connectivity index (χ0) is 11.3. The average molecular weight is 272 g/mol. The van der Waals surface area contributed by atoms with Gasteiger partial charge in [-0.25, -0.2) is 4.98 Å². The van der Waals surface area contributed by atoms with E-state index in [1.54, 1.807) is 18.3 Å². The Morgan fingerprint density at radius 1 is 1.60 bits per heavy atom. The third-order valence-corrected chi connectivity index (χ3v) is 2.27. The van der Waals surface area contributed by atoms with Crippen molar-refractivity contribution in [3.8, 4) is 0 Å². The zero-order valence-corrected chi connectivity index (χ0v) is 10.4. The molecule has 1 rings (SSSR count). The fourth-order valence-corrected chi connectivity index (χ4v) is 1.40. The lowest BCUT2D eigenvalue weighted by Crippen LogP contribution is -2.31. The van der Waals surface area contributed by atoms with Crippen molar-refractivity contribution < 1.29 is 4.79 Å². The Bertz CT molecular complexity index is 341. The van der Waals surface area contributed by atoms with E-state index in [0.717, 1.165) is 6.54 Å². The number of likely N-dealkylation sites (N-methyl/N-ethyl adjacent to an activating group) is 1. The van der Waals surface area contributed by atoms with Gasteiger partial charge in [0.05, 0.1) is 0 Å². The van der Waals surface area contributed by atoms with E-state index in [1.165, 1.54) is 0 Å². The molecule has 15 heavy (non-hydrogen) atoms. The molecule has 0 aromatic carbocycles. The van der Waals surface area contributed by atoms with Gasteiger partial charge in [0.25, 0.3) is 5.91 Å². The third-order valence-electron chi connectivity index (χ3n) is 1.83. The monoisotopic (exact) mass is 271 g/mol. The van der Waals surface area contributed by atoms with Gasteiger partial charge in [-0.3, -0.25) is 4.79 Å². The molecule has 0 aliphatic heterocycles. The molecule has 0 bridgehead atoms. The number of hydrogen-bond acceptors (Lipinski definition) is 3. The lowest BCUT2D eigenvalue weighted by atomic mass is 10.2. The van der Waals surface area contributed by atoms with Crippen molar-refractivity contribution in [2.24, 2.45) is 0 Å². The topological polar surface area (TPSA) is 45.2 Å². The quantitative estimate of drug-likeness (QED) is 0.836. The summed E-state index contributed by atoms with van der Waals surface area (Å²) in [6.45, 7) is 1.48. The van der Waals surface area contributed by atoms with Crippen LogP contribution in [0.1, 0.15) is 10.4 Å². The Morgan fingerprint density at radius 2 is 2.33 bits per heavy atom. The predicted molar refractivity (Wildman–Crippen MR) is 62.8 cm³/mol. The molecule has 1 aromatic rings. The Hall–Kier alpha value is -0.940. The van der Waals surface area contributed by atoms with Crippen molar-refractivity contribution in [3.05, 3.63) is 28.5 Å². The molecule has 4 nitrogen and oxygen atoms in total. The van der Waals surface area contributed by atoms with Crippen LogP contribution in [-0.4, -0.2) is 43.0 Å². The molecule has 1 aromatic heterocycles. The Labute approximate surface area is 97.8 Å². The van der Waals surface area contributed by atoms with E-state index >= 15 is 0 Å². The van der Waals surface area contributed by atoms with Crippen LogP contribution >= 0.6 is 15.9 Å². The second-order valence-corrected chi connectivity index (χ2v) is 4.24. The van der Waals surface area contributed by atoms with Crippen LogP contribution in [-0.2, 0) is 0 Å². The normalized spacial score (nSPS) is 10.4. The van der Waals surface area contributed by atoms with Gasteiger partial charge < -0.3 is 10.2 Å². The molecular formula is C10H14BrN3O. The number of carbonyl (C=O) groups is 1. The highest BCUT2D eigenvalue weighted by Gasteiger charge is 2.04. The Kier molecular flexibility index (Phi) is 4.71. The summed E-state index contributed by atoms with van der Waals surface area (Å²) in [4.78, 5) is 17.6. The van der Waals surface area contributed by atoms with E-state index in [2.05, 4.69) is 26.2 Å². The number of amides is 1. The first-order chi connectivity index (χ1) is 7.09. The fourth-order valence-electron chi connectivity index (χ4n) is 1.04. The number of halogens is 1.